The van der Waals surface area contributed by atoms with Gasteiger partial charge in [0.1, 0.15) is 12.6 Å². The molecule has 2 N–H and O–H groups in total. The minimum atomic E-state index is -1.02. The molecule has 0 saturated carbocycles. The van der Waals surface area contributed by atoms with Crippen LogP contribution < -0.4 is 10.1 Å². The number of carboxylic acid groups (broad SMARTS) is 1. The number of aromatic nitrogens is 3. The third kappa shape index (κ3) is 1.52. The molecule has 2 unspecified atom stereocenters. The molecule has 1 amide bonds. The number of aliphatic carboxylic acids is 1. The molecule has 2 aliphatic heterocycles. The summed E-state index contributed by atoms with van der Waals surface area (Å²) in [4.78, 5) is 26.4. The molecule has 0 aromatic carbocycles. The average Bonchev–Trinajstić information content (AvgIpc) is 2.87. The first kappa shape index (κ1) is 10.1. The van der Waals surface area contributed by atoms with Gasteiger partial charge in [0.05, 0.1) is 12.5 Å². The molecule has 8 nitrogen and oxygen atoms in total. The molecule has 0 spiro atoms. The lowest BCUT2D eigenvalue weighted by atomic mass is 10.0. The van der Waals surface area contributed by atoms with Gasteiger partial charge in [-0.1, -0.05) is 0 Å². The topological polar surface area (TPSA) is 106 Å². The van der Waals surface area contributed by atoms with Crippen LogP contribution in [0.2, 0.25) is 0 Å². The van der Waals surface area contributed by atoms with E-state index in [1.165, 1.54) is 0 Å². The minimum Gasteiger partial charge on any atom is -0.481 e. The molecule has 1 aromatic heterocycles. The smallest absolute Gasteiger partial charge is 0.315 e. The quantitative estimate of drug-likeness (QED) is 0.679. The van der Waals surface area contributed by atoms with Gasteiger partial charge in [-0.05, 0) is 0 Å². The highest BCUT2D eigenvalue weighted by Crippen LogP contribution is 2.30. The maximum atomic E-state index is 11.2. The van der Waals surface area contributed by atoms with E-state index in [-0.39, 0.29) is 12.3 Å². The molecule has 1 fully saturated rings. The summed E-state index contributed by atoms with van der Waals surface area (Å²) in [5.74, 6) is -1.83. The summed E-state index contributed by atoms with van der Waals surface area (Å²) in [6, 6.07) is -0.285. The minimum absolute atomic E-state index is 0.0370. The summed E-state index contributed by atoms with van der Waals surface area (Å²) in [7, 11) is 0. The van der Waals surface area contributed by atoms with Crippen LogP contribution in [-0.4, -0.2) is 38.4 Å². The Kier molecular flexibility index (Phi) is 2.03. The maximum Gasteiger partial charge on any atom is 0.315 e. The van der Waals surface area contributed by atoms with Crippen LogP contribution in [0.1, 0.15) is 18.3 Å². The van der Waals surface area contributed by atoms with E-state index < -0.39 is 17.9 Å². The van der Waals surface area contributed by atoms with Crippen molar-refractivity contribution >= 4 is 11.9 Å². The van der Waals surface area contributed by atoms with E-state index in [1.807, 2.05) is 0 Å². The highest BCUT2D eigenvalue weighted by atomic mass is 16.5. The van der Waals surface area contributed by atoms with Crippen molar-refractivity contribution in [1.29, 1.82) is 0 Å². The van der Waals surface area contributed by atoms with Crippen molar-refractivity contribution in [3.8, 4) is 6.01 Å². The fourth-order valence-electron chi connectivity index (χ4n) is 2.08. The molecular weight excluding hydrogens is 228 g/mol. The molecule has 1 aromatic rings. The molecule has 0 aliphatic carbocycles. The predicted molar refractivity (Wildman–Crippen MR) is 52.1 cm³/mol. The Morgan fingerprint density at radius 3 is 3.12 bits per heavy atom. The highest BCUT2D eigenvalue weighted by molar-refractivity contribution is 5.86. The number of carbonyl (C=O) groups is 2. The summed E-state index contributed by atoms with van der Waals surface area (Å²) in [5.41, 5.74) is 0. The third-order valence-corrected chi connectivity index (χ3v) is 2.91. The zero-order valence-corrected chi connectivity index (χ0v) is 8.79. The number of fused-ring (bicyclic) bond motifs is 1. The Bertz CT molecular complexity index is 476. The summed E-state index contributed by atoms with van der Waals surface area (Å²) >= 11 is 0. The Morgan fingerprint density at radius 2 is 2.41 bits per heavy atom. The van der Waals surface area contributed by atoms with E-state index in [1.54, 1.807) is 4.68 Å². The van der Waals surface area contributed by atoms with Gasteiger partial charge in [-0.25, -0.2) is 4.68 Å². The van der Waals surface area contributed by atoms with Crippen molar-refractivity contribution in [1.82, 2.24) is 20.1 Å². The van der Waals surface area contributed by atoms with Crippen LogP contribution >= 0.6 is 0 Å². The summed E-state index contributed by atoms with van der Waals surface area (Å²) in [5, 5.41) is 15.7. The first-order valence-electron chi connectivity index (χ1n) is 5.25. The normalized spacial score (nSPS) is 26.5. The molecule has 3 rings (SSSR count). The van der Waals surface area contributed by atoms with Gasteiger partial charge in [0.25, 0.3) is 0 Å². The number of carbonyl (C=O) groups excluding carboxylic acids is 1. The zero-order chi connectivity index (χ0) is 12.0. The molecular formula is C9H10N4O4. The number of nitrogens with one attached hydrogen (secondary N) is 1. The average molecular weight is 238 g/mol. The van der Waals surface area contributed by atoms with Crippen LogP contribution in [0.15, 0.2) is 0 Å². The van der Waals surface area contributed by atoms with Crippen molar-refractivity contribution in [2.45, 2.75) is 19.0 Å². The molecule has 0 bridgehead atoms. The molecule has 3 heterocycles. The Hall–Kier alpha value is -2.12. The number of rotatable bonds is 2. The largest absolute Gasteiger partial charge is 0.481 e. The van der Waals surface area contributed by atoms with E-state index >= 15 is 0 Å². The van der Waals surface area contributed by atoms with Crippen LogP contribution in [0.4, 0.5) is 0 Å². The Balaban J connectivity index is 1.91. The van der Waals surface area contributed by atoms with Gasteiger partial charge in [0.2, 0.25) is 5.91 Å². The monoisotopic (exact) mass is 238 g/mol. The van der Waals surface area contributed by atoms with E-state index in [4.69, 9.17) is 9.84 Å². The van der Waals surface area contributed by atoms with Crippen molar-refractivity contribution in [2.75, 3.05) is 6.61 Å². The lowest BCUT2D eigenvalue weighted by Gasteiger charge is -2.10. The van der Waals surface area contributed by atoms with Crippen molar-refractivity contribution < 1.29 is 19.4 Å². The second-order valence-electron chi connectivity index (χ2n) is 4.02. The third-order valence-electron chi connectivity index (χ3n) is 2.91. The number of amides is 1. The molecule has 1 saturated heterocycles. The van der Waals surface area contributed by atoms with Crippen molar-refractivity contribution in [3.63, 3.8) is 0 Å². The SMILES string of the molecule is O=C1CC(C(=O)O)C(c2nc3n(n2)CCO3)N1. The Morgan fingerprint density at radius 1 is 1.59 bits per heavy atom. The van der Waals surface area contributed by atoms with Gasteiger partial charge in [-0.3, -0.25) is 9.59 Å². The van der Waals surface area contributed by atoms with Gasteiger partial charge < -0.3 is 15.2 Å². The van der Waals surface area contributed by atoms with E-state index in [0.29, 0.717) is 25.0 Å². The summed E-state index contributed by atoms with van der Waals surface area (Å²) in [6.45, 7) is 1.12. The molecule has 0 radical (unpaired) electrons. The maximum absolute atomic E-state index is 11.2. The number of nitrogens with zero attached hydrogens (tertiary/aromatic N) is 3. The van der Waals surface area contributed by atoms with Gasteiger partial charge >= 0.3 is 12.0 Å². The lowest BCUT2D eigenvalue weighted by molar-refractivity contribution is -0.142. The van der Waals surface area contributed by atoms with E-state index in [9.17, 15) is 9.59 Å². The second-order valence-corrected chi connectivity index (χ2v) is 4.02. The first-order chi connectivity index (χ1) is 8.15. The van der Waals surface area contributed by atoms with Crippen LogP contribution in [0, 0.1) is 5.92 Å². The first-order valence-corrected chi connectivity index (χ1v) is 5.25. The van der Waals surface area contributed by atoms with Crippen molar-refractivity contribution in [2.24, 2.45) is 5.92 Å². The van der Waals surface area contributed by atoms with Gasteiger partial charge in [-0.2, -0.15) is 10.1 Å². The molecule has 2 atom stereocenters. The Labute approximate surface area is 95.6 Å². The summed E-state index contributed by atoms with van der Waals surface area (Å²) in [6.07, 6.45) is -0.0370. The fourth-order valence-corrected chi connectivity index (χ4v) is 2.08. The van der Waals surface area contributed by atoms with Crippen molar-refractivity contribution in [3.05, 3.63) is 5.82 Å². The second kappa shape index (κ2) is 3.44. The fraction of sp³-hybridized carbons (Fsp3) is 0.556. The number of hydrogen-bond donors (Lipinski definition) is 2. The van der Waals surface area contributed by atoms with E-state index in [0.717, 1.165) is 0 Å². The lowest BCUT2D eigenvalue weighted by Crippen LogP contribution is -2.25. The summed E-state index contributed by atoms with van der Waals surface area (Å²) < 4.78 is 6.76. The van der Waals surface area contributed by atoms with Gasteiger partial charge in [0.15, 0.2) is 5.82 Å². The van der Waals surface area contributed by atoms with Crippen LogP contribution in [-0.2, 0) is 16.1 Å². The van der Waals surface area contributed by atoms with E-state index in [2.05, 4.69) is 15.4 Å². The molecule has 8 heteroatoms. The molecule has 90 valence electrons. The number of ether oxygens (including phenoxy) is 1. The number of hydrogen-bond acceptors (Lipinski definition) is 5. The molecule has 17 heavy (non-hydrogen) atoms. The molecule has 2 aliphatic rings. The van der Waals surface area contributed by atoms with Gasteiger partial charge in [-0.15, -0.1) is 0 Å². The standard InChI is InChI=1S/C9H10N4O4/c14-5-3-4(8(15)16)6(10-5)7-11-9-13(12-7)1-2-17-9/h4,6H,1-3H2,(H,10,14)(H,15,16). The predicted octanol–water partition coefficient (Wildman–Crippen LogP) is -1.07. The van der Waals surface area contributed by atoms with Gasteiger partial charge in [0, 0.05) is 6.42 Å². The van der Waals surface area contributed by atoms with Crippen LogP contribution in [0.5, 0.6) is 6.01 Å². The van der Waals surface area contributed by atoms with Crippen LogP contribution in [0.3, 0.4) is 0 Å². The highest BCUT2D eigenvalue weighted by Gasteiger charge is 2.41. The number of carboxylic acids is 1. The van der Waals surface area contributed by atoms with Crippen LogP contribution in [0.25, 0.3) is 0 Å². The zero-order valence-electron chi connectivity index (χ0n) is 8.79.